The van der Waals surface area contributed by atoms with E-state index < -0.39 is 55.2 Å². The number of rotatable bonds is 6. The number of halogens is 6. The fourth-order valence-corrected chi connectivity index (χ4v) is 5.72. The predicted octanol–water partition coefficient (Wildman–Crippen LogP) is 7.56. The van der Waals surface area contributed by atoms with E-state index in [0.29, 0.717) is 11.1 Å². The summed E-state index contributed by atoms with van der Waals surface area (Å²) in [6.07, 6.45) is -9.39. The topological polar surface area (TPSA) is 86.7 Å². The second kappa shape index (κ2) is 12.4. The standard InChI is InChI=1S/2C14H11F3O3S/c1-10-6-2-5-9-13(10)21(18,19)20-12-8-4-3-7-11(12)14(15,16)17;1-10-5-4-6-11(9-10)21(18,19)20-13-8-3-2-7-12(13)14(15,16)17/h2*2-9H,1H3. The Hall–Kier alpha value is -4.04. The molecule has 0 spiro atoms. The summed E-state index contributed by atoms with van der Waals surface area (Å²) in [4.78, 5) is -0.360. The highest BCUT2D eigenvalue weighted by molar-refractivity contribution is 7.87. The molecule has 0 saturated carbocycles. The maximum Gasteiger partial charge on any atom is 0.420 e. The molecule has 0 radical (unpaired) electrons. The average Bonchev–Trinajstić information content (AvgIpc) is 2.88. The van der Waals surface area contributed by atoms with Crippen LogP contribution < -0.4 is 8.37 Å². The second-order valence-corrected chi connectivity index (χ2v) is 11.7. The van der Waals surface area contributed by atoms with Crippen molar-refractivity contribution in [1.29, 1.82) is 0 Å². The summed E-state index contributed by atoms with van der Waals surface area (Å²) in [5.41, 5.74) is -1.23. The third-order valence-corrected chi connectivity index (χ3v) is 8.05. The van der Waals surface area contributed by atoms with Crippen LogP contribution in [0.1, 0.15) is 22.3 Å². The number of alkyl halides is 6. The van der Waals surface area contributed by atoms with Gasteiger partial charge in [-0.2, -0.15) is 43.2 Å². The van der Waals surface area contributed by atoms with Crippen molar-refractivity contribution in [3.63, 3.8) is 0 Å². The number of aryl methyl sites for hydroxylation is 2. The highest BCUT2D eigenvalue weighted by Gasteiger charge is 2.36. The molecule has 4 aromatic rings. The van der Waals surface area contributed by atoms with Crippen LogP contribution in [-0.4, -0.2) is 16.8 Å². The molecule has 42 heavy (non-hydrogen) atoms. The van der Waals surface area contributed by atoms with Gasteiger partial charge in [0.2, 0.25) is 0 Å². The largest absolute Gasteiger partial charge is 0.420 e. The Morgan fingerprint density at radius 2 is 1.00 bits per heavy atom. The van der Waals surface area contributed by atoms with Crippen LogP contribution in [0, 0.1) is 13.8 Å². The molecule has 0 aliphatic rings. The lowest BCUT2D eigenvalue weighted by atomic mass is 10.2. The number of hydrogen-bond donors (Lipinski definition) is 0. The fourth-order valence-electron chi connectivity index (χ4n) is 3.48. The van der Waals surface area contributed by atoms with E-state index in [1.54, 1.807) is 19.1 Å². The molecule has 0 aromatic heterocycles. The molecule has 14 heteroatoms. The zero-order chi connectivity index (χ0) is 31.3. The van der Waals surface area contributed by atoms with Crippen molar-refractivity contribution < 1.29 is 51.5 Å². The summed E-state index contributed by atoms with van der Waals surface area (Å²) in [5.74, 6) is -1.49. The first-order valence-corrected chi connectivity index (χ1v) is 14.6. The van der Waals surface area contributed by atoms with Gasteiger partial charge in [-0.3, -0.25) is 0 Å². The minimum absolute atomic E-state index is 0.165. The Morgan fingerprint density at radius 3 is 1.48 bits per heavy atom. The molecule has 6 nitrogen and oxygen atoms in total. The summed E-state index contributed by atoms with van der Waals surface area (Å²) in [7, 11) is -8.65. The number of hydrogen-bond acceptors (Lipinski definition) is 6. The van der Waals surface area contributed by atoms with E-state index in [-0.39, 0.29) is 9.79 Å². The van der Waals surface area contributed by atoms with Crippen molar-refractivity contribution in [1.82, 2.24) is 0 Å². The molecule has 0 fully saturated rings. The molecular formula is C28H22F6O6S2. The van der Waals surface area contributed by atoms with Crippen molar-refractivity contribution in [2.24, 2.45) is 0 Å². The molecule has 4 aromatic carbocycles. The SMILES string of the molecule is Cc1cccc(S(=O)(=O)Oc2ccccc2C(F)(F)F)c1.Cc1ccccc1S(=O)(=O)Oc1ccccc1C(F)(F)F. The van der Waals surface area contributed by atoms with Crippen LogP contribution in [0.4, 0.5) is 26.3 Å². The van der Waals surface area contributed by atoms with E-state index in [9.17, 15) is 43.2 Å². The van der Waals surface area contributed by atoms with Gasteiger partial charge in [0.05, 0.1) is 11.1 Å². The van der Waals surface area contributed by atoms with Gasteiger partial charge in [0.15, 0.2) is 11.5 Å². The third-order valence-electron chi connectivity index (χ3n) is 5.43. The maximum absolute atomic E-state index is 12.8. The van der Waals surface area contributed by atoms with Crippen LogP contribution in [0.25, 0.3) is 0 Å². The Labute approximate surface area is 238 Å². The Kier molecular flexibility index (Phi) is 9.63. The van der Waals surface area contributed by atoms with Crippen molar-refractivity contribution in [3.05, 3.63) is 119 Å². The highest BCUT2D eigenvalue weighted by atomic mass is 32.2. The summed E-state index contributed by atoms with van der Waals surface area (Å²) < 4.78 is 135. The zero-order valence-corrected chi connectivity index (χ0v) is 23.4. The normalized spacial score (nSPS) is 12.2. The summed E-state index contributed by atoms with van der Waals surface area (Å²) >= 11 is 0. The van der Waals surface area contributed by atoms with Crippen LogP contribution in [0.5, 0.6) is 11.5 Å². The molecule has 4 rings (SSSR count). The molecule has 0 bridgehead atoms. The van der Waals surface area contributed by atoms with Gasteiger partial charge in [-0.25, -0.2) is 0 Å². The van der Waals surface area contributed by atoms with Gasteiger partial charge in [0.25, 0.3) is 0 Å². The fraction of sp³-hybridized carbons (Fsp3) is 0.143. The first-order valence-electron chi connectivity index (χ1n) is 11.8. The summed E-state index contributed by atoms with van der Waals surface area (Å²) in [6.45, 7) is 3.20. The van der Waals surface area contributed by atoms with E-state index in [1.165, 1.54) is 55.5 Å². The second-order valence-electron chi connectivity index (χ2n) is 8.64. The van der Waals surface area contributed by atoms with E-state index in [4.69, 9.17) is 0 Å². The molecule has 0 heterocycles. The van der Waals surface area contributed by atoms with Crippen molar-refractivity contribution in [3.8, 4) is 11.5 Å². The summed E-state index contributed by atoms with van der Waals surface area (Å²) in [6, 6.07) is 20.0. The first kappa shape index (κ1) is 32.5. The lowest BCUT2D eigenvalue weighted by Gasteiger charge is -2.14. The van der Waals surface area contributed by atoms with Crippen molar-refractivity contribution in [2.75, 3.05) is 0 Å². The molecular weight excluding hydrogens is 610 g/mol. The molecule has 0 saturated heterocycles. The molecule has 0 aliphatic carbocycles. The minimum Gasteiger partial charge on any atom is -0.378 e. The van der Waals surface area contributed by atoms with E-state index in [0.717, 1.165) is 36.4 Å². The van der Waals surface area contributed by atoms with Crippen molar-refractivity contribution >= 4 is 20.2 Å². The lowest BCUT2D eigenvalue weighted by Crippen LogP contribution is -2.15. The molecule has 0 N–H and O–H groups in total. The van der Waals surface area contributed by atoms with Crippen molar-refractivity contribution in [2.45, 2.75) is 36.0 Å². The van der Waals surface area contributed by atoms with Gasteiger partial charge >= 0.3 is 32.6 Å². The number of benzene rings is 4. The van der Waals surface area contributed by atoms with Gasteiger partial charge in [0.1, 0.15) is 9.79 Å². The minimum atomic E-state index is -4.70. The average molecular weight is 633 g/mol. The Bertz CT molecular complexity index is 1770. The van der Waals surface area contributed by atoms with Crippen LogP contribution in [0.15, 0.2) is 107 Å². The van der Waals surface area contributed by atoms with E-state index in [1.807, 2.05) is 0 Å². The molecule has 0 amide bonds. The highest BCUT2D eigenvalue weighted by Crippen LogP contribution is 2.38. The molecule has 224 valence electrons. The lowest BCUT2D eigenvalue weighted by molar-refractivity contribution is -0.139. The zero-order valence-electron chi connectivity index (χ0n) is 21.8. The van der Waals surface area contributed by atoms with Gasteiger partial charge < -0.3 is 8.37 Å². The van der Waals surface area contributed by atoms with E-state index in [2.05, 4.69) is 8.37 Å². The van der Waals surface area contributed by atoms with Gasteiger partial charge in [0, 0.05) is 0 Å². The Morgan fingerprint density at radius 1 is 0.548 bits per heavy atom. The third kappa shape index (κ3) is 8.26. The maximum atomic E-state index is 12.8. The van der Waals surface area contributed by atoms with Gasteiger partial charge in [-0.1, -0.05) is 54.6 Å². The quantitative estimate of drug-likeness (QED) is 0.161. The monoisotopic (exact) mass is 632 g/mol. The van der Waals surface area contributed by atoms with Crippen LogP contribution in [-0.2, 0) is 32.6 Å². The van der Waals surface area contributed by atoms with Gasteiger partial charge in [-0.05, 0) is 67.4 Å². The van der Waals surface area contributed by atoms with Crippen LogP contribution >= 0.6 is 0 Å². The number of para-hydroxylation sites is 2. The molecule has 0 unspecified atom stereocenters. The predicted molar refractivity (Wildman–Crippen MR) is 141 cm³/mol. The van der Waals surface area contributed by atoms with Crippen LogP contribution in [0.3, 0.4) is 0 Å². The summed E-state index contributed by atoms with van der Waals surface area (Å²) in [5, 5.41) is 0. The molecule has 0 aliphatic heterocycles. The first-order chi connectivity index (χ1) is 19.4. The Balaban J connectivity index is 0.000000230. The van der Waals surface area contributed by atoms with E-state index >= 15 is 0 Å². The van der Waals surface area contributed by atoms with Crippen LogP contribution in [0.2, 0.25) is 0 Å². The molecule has 0 atom stereocenters. The smallest absolute Gasteiger partial charge is 0.378 e. The van der Waals surface area contributed by atoms with Gasteiger partial charge in [-0.15, -0.1) is 0 Å².